The number of piperidine rings is 2. The van der Waals surface area contributed by atoms with Crippen molar-refractivity contribution < 1.29 is 13.9 Å². The summed E-state index contributed by atoms with van der Waals surface area (Å²) < 4.78 is 16.8. The van der Waals surface area contributed by atoms with E-state index in [0.29, 0.717) is 6.10 Å². The van der Waals surface area contributed by atoms with Crippen molar-refractivity contribution in [1.29, 1.82) is 0 Å². The Bertz CT molecular complexity index is 585. The van der Waals surface area contributed by atoms with E-state index in [9.17, 15) is 0 Å². The maximum atomic E-state index is 5.99. The molecule has 3 rings (SSSR count). The van der Waals surface area contributed by atoms with Crippen LogP contribution in [0.1, 0.15) is 50.3 Å². The second-order valence-corrected chi connectivity index (χ2v) is 7.96. The molecular formula is C22H39IN4O3. The van der Waals surface area contributed by atoms with Crippen LogP contribution >= 0.6 is 24.0 Å². The molecule has 2 aliphatic heterocycles. The average molecular weight is 534 g/mol. The minimum absolute atomic E-state index is 0. The fourth-order valence-corrected chi connectivity index (χ4v) is 4.33. The van der Waals surface area contributed by atoms with Crippen molar-refractivity contribution in [3.05, 3.63) is 24.2 Å². The highest BCUT2D eigenvalue weighted by molar-refractivity contribution is 14.0. The van der Waals surface area contributed by atoms with Crippen molar-refractivity contribution in [3.8, 4) is 0 Å². The number of nitrogens with zero attached hydrogens (tertiary/aromatic N) is 3. The van der Waals surface area contributed by atoms with Crippen LogP contribution in [0, 0.1) is 0 Å². The number of ether oxygens (including phenoxy) is 2. The largest absolute Gasteiger partial charge is 0.468 e. The number of guanidine groups is 1. The van der Waals surface area contributed by atoms with Crippen LogP contribution in [0.4, 0.5) is 0 Å². The second kappa shape index (κ2) is 14.3. The number of halogens is 1. The molecule has 0 aliphatic carbocycles. The van der Waals surface area contributed by atoms with Gasteiger partial charge in [0.2, 0.25) is 0 Å². The van der Waals surface area contributed by atoms with Gasteiger partial charge in [0, 0.05) is 47.0 Å². The highest BCUT2D eigenvalue weighted by Gasteiger charge is 2.26. The molecule has 8 heteroatoms. The second-order valence-electron chi connectivity index (χ2n) is 7.96. The Labute approximate surface area is 198 Å². The maximum absolute atomic E-state index is 5.99. The van der Waals surface area contributed by atoms with Crippen molar-refractivity contribution in [1.82, 2.24) is 15.1 Å². The van der Waals surface area contributed by atoms with Gasteiger partial charge in [-0.3, -0.25) is 9.89 Å². The van der Waals surface area contributed by atoms with Gasteiger partial charge < -0.3 is 24.1 Å². The zero-order chi connectivity index (χ0) is 20.3. The minimum Gasteiger partial charge on any atom is -0.468 e. The van der Waals surface area contributed by atoms with Gasteiger partial charge in [0.15, 0.2) is 5.96 Å². The molecule has 1 aromatic rings. The lowest BCUT2D eigenvalue weighted by molar-refractivity contribution is 0.00983. The molecule has 1 atom stereocenters. The molecular weight excluding hydrogens is 495 g/mol. The smallest absolute Gasteiger partial charge is 0.193 e. The Morgan fingerprint density at radius 2 is 1.97 bits per heavy atom. The first kappa shape index (κ1) is 25.4. The summed E-state index contributed by atoms with van der Waals surface area (Å²) in [5, 5.41) is 3.62. The quantitative estimate of drug-likeness (QED) is 0.227. The topological polar surface area (TPSA) is 62.5 Å². The van der Waals surface area contributed by atoms with Crippen molar-refractivity contribution in [2.45, 2.75) is 50.7 Å². The first-order valence-corrected chi connectivity index (χ1v) is 11.2. The minimum atomic E-state index is 0. The van der Waals surface area contributed by atoms with E-state index >= 15 is 0 Å². The Hall–Kier alpha value is -0.840. The zero-order valence-electron chi connectivity index (χ0n) is 18.6. The molecule has 0 saturated carbocycles. The van der Waals surface area contributed by atoms with E-state index in [1.807, 2.05) is 13.1 Å². The zero-order valence-corrected chi connectivity index (χ0v) is 20.9. The third-order valence-electron chi connectivity index (χ3n) is 5.96. The fraction of sp³-hybridized carbons (Fsp3) is 0.773. The molecule has 2 saturated heterocycles. The lowest BCUT2D eigenvalue weighted by atomic mass is 10.1. The standard InChI is InChI=1S/C22H38N4O3.HI/c1-23-22(26-13-9-19(10-14-26)28-17-7-15-27-2)24-18-20(21-8-6-16-29-21)25-11-4-3-5-12-25;/h6,8,16,19-20H,3-5,7,9-15,17-18H2,1-2H3,(H,23,24);1H. The van der Waals surface area contributed by atoms with Crippen molar-refractivity contribution in [3.63, 3.8) is 0 Å². The van der Waals surface area contributed by atoms with Crippen LogP contribution < -0.4 is 5.32 Å². The summed E-state index contributed by atoms with van der Waals surface area (Å²) in [7, 11) is 3.61. The van der Waals surface area contributed by atoms with E-state index in [-0.39, 0.29) is 30.0 Å². The molecule has 0 amide bonds. The number of methoxy groups -OCH3 is 1. The van der Waals surface area contributed by atoms with Crippen molar-refractivity contribution >= 4 is 29.9 Å². The van der Waals surface area contributed by atoms with Crippen molar-refractivity contribution in [2.24, 2.45) is 4.99 Å². The summed E-state index contributed by atoms with van der Waals surface area (Å²) in [6.45, 7) is 6.59. The Morgan fingerprint density at radius 3 is 2.60 bits per heavy atom. The Balaban J connectivity index is 0.00000320. The number of nitrogens with one attached hydrogen (secondary N) is 1. The van der Waals surface area contributed by atoms with E-state index in [0.717, 1.165) is 76.9 Å². The van der Waals surface area contributed by atoms with Crippen LogP contribution in [0.2, 0.25) is 0 Å². The number of rotatable bonds is 9. The van der Waals surface area contributed by atoms with Gasteiger partial charge >= 0.3 is 0 Å². The SMILES string of the molecule is CN=C(NCC(c1ccco1)N1CCCCC1)N1CCC(OCCCOC)CC1.I. The van der Waals surface area contributed by atoms with Crippen LogP contribution in [0.15, 0.2) is 27.8 Å². The van der Waals surface area contributed by atoms with Gasteiger partial charge in [-0.1, -0.05) is 6.42 Å². The Kier molecular flexibility index (Phi) is 12.1. The van der Waals surface area contributed by atoms with Gasteiger partial charge in [0.05, 0.1) is 18.4 Å². The summed E-state index contributed by atoms with van der Waals surface area (Å²) in [4.78, 5) is 9.44. The number of hydrogen-bond donors (Lipinski definition) is 1. The summed E-state index contributed by atoms with van der Waals surface area (Å²) in [6, 6.07) is 4.33. The first-order valence-electron chi connectivity index (χ1n) is 11.2. The number of likely N-dealkylation sites (tertiary alicyclic amines) is 2. The van der Waals surface area contributed by atoms with Gasteiger partial charge in [-0.05, 0) is 57.3 Å². The summed E-state index contributed by atoms with van der Waals surface area (Å²) >= 11 is 0. The van der Waals surface area contributed by atoms with E-state index in [2.05, 4.69) is 26.2 Å². The van der Waals surface area contributed by atoms with E-state index in [1.165, 1.54) is 19.3 Å². The normalized spacial score (nSPS) is 20.1. The predicted molar refractivity (Wildman–Crippen MR) is 131 cm³/mol. The summed E-state index contributed by atoms with van der Waals surface area (Å²) in [5.74, 6) is 2.02. The molecule has 1 N–H and O–H groups in total. The number of furan rings is 1. The third kappa shape index (κ3) is 7.69. The molecule has 1 aromatic heterocycles. The molecule has 7 nitrogen and oxygen atoms in total. The molecule has 2 aliphatic rings. The lowest BCUT2D eigenvalue weighted by Gasteiger charge is -2.36. The third-order valence-corrected chi connectivity index (χ3v) is 5.96. The van der Waals surface area contributed by atoms with Crippen LogP contribution in [-0.2, 0) is 9.47 Å². The molecule has 172 valence electrons. The van der Waals surface area contributed by atoms with E-state index < -0.39 is 0 Å². The molecule has 0 radical (unpaired) electrons. The molecule has 2 fully saturated rings. The van der Waals surface area contributed by atoms with Crippen LogP contribution in [0.25, 0.3) is 0 Å². The van der Waals surface area contributed by atoms with Gasteiger partial charge in [-0.25, -0.2) is 0 Å². The van der Waals surface area contributed by atoms with Crippen LogP contribution in [-0.4, -0.2) is 82.0 Å². The first-order chi connectivity index (χ1) is 14.3. The highest BCUT2D eigenvalue weighted by atomic mass is 127. The molecule has 1 unspecified atom stereocenters. The van der Waals surface area contributed by atoms with Gasteiger partial charge in [0.1, 0.15) is 5.76 Å². The molecule has 3 heterocycles. The van der Waals surface area contributed by atoms with Gasteiger partial charge in [-0.15, -0.1) is 24.0 Å². The predicted octanol–water partition coefficient (Wildman–Crippen LogP) is 3.52. The van der Waals surface area contributed by atoms with Crippen molar-refractivity contribution in [2.75, 3.05) is 60.1 Å². The Morgan fingerprint density at radius 1 is 1.20 bits per heavy atom. The van der Waals surface area contributed by atoms with Crippen LogP contribution in [0.3, 0.4) is 0 Å². The average Bonchev–Trinajstić information content (AvgIpc) is 3.30. The monoisotopic (exact) mass is 534 g/mol. The molecule has 0 bridgehead atoms. The van der Waals surface area contributed by atoms with E-state index in [4.69, 9.17) is 13.9 Å². The fourth-order valence-electron chi connectivity index (χ4n) is 4.33. The molecule has 0 aromatic carbocycles. The number of aliphatic imine (C=N–C) groups is 1. The summed E-state index contributed by atoms with van der Waals surface area (Å²) in [5.41, 5.74) is 0. The molecule has 0 spiro atoms. The van der Waals surface area contributed by atoms with Gasteiger partial charge in [-0.2, -0.15) is 0 Å². The molecule has 30 heavy (non-hydrogen) atoms. The summed E-state index contributed by atoms with van der Waals surface area (Å²) in [6.07, 6.45) is 9.05. The highest BCUT2D eigenvalue weighted by Crippen LogP contribution is 2.24. The van der Waals surface area contributed by atoms with Crippen LogP contribution in [0.5, 0.6) is 0 Å². The maximum Gasteiger partial charge on any atom is 0.193 e. The number of hydrogen-bond acceptors (Lipinski definition) is 5. The lowest BCUT2D eigenvalue weighted by Crippen LogP contribution is -2.49. The van der Waals surface area contributed by atoms with Gasteiger partial charge in [0.25, 0.3) is 0 Å². The van der Waals surface area contributed by atoms with E-state index in [1.54, 1.807) is 13.4 Å².